The summed E-state index contributed by atoms with van der Waals surface area (Å²) in [4.78, 5) is 68.5. The fraction of sp³-hybridized carbons (Fsp3) is 0.920. The standard InChI is InChI=1S/C29H54O8.C24H44O5.C18H38O.C4H6O3/c1-4-5-6-7-8-9-10-11-12-13-14-15-16-17-18-19-22-34-27(32)29(3,24-36-26(2)31)25-37-28(33)35-23-20-21-30;1-3-4-5-6-7-8-9-10-11-12-13-14-15-16-17-18-19-27-22(25)24(2)20-28-23(26)29-21-24;1-2-3-4-5-6-7-8-9-10-11-12-13-14-15-16-17-18-19;5-4-6-2-1-3-7-4/h30H,4-25H2,1-3H3;3-21H2,1-2H3;19H,2-18H2,1H3;1-3H2. The smallest absolute Gasteiger partial charge is 0.465 e. The summed E-state index contributed by atoms with van der Waals surface area (Å²) < 4.78 is 43.9. The molecule has 1 atom stereocenters. The number of aliphatic hydroxyl groups is 2. The van der Waals surface area contributed by atoms with Gasteiger partial charge in [-0.1, -0.05) is 310 Å². The normalized spacial score (nSPS) is 13.8. The van der Waals surface area contributed by atoms with Gasteiger partial charge in [-0.3, -0.25) is 14.4 Å². The van der Waals surface area contributed by atoms with Gasteiger partial charge in [0.15, 0.2) is 0 Å². The Labute approximate surface area is 561 Å². The molecule has 2 N–H and O–H groups in total. The average molecular weight is 1320 g/mol. The van der Waals surface area contributed by atoms with Gasteiger partial charge in [-0.25, -0.2) is 14.4 Å². The molecule has 0 spiro atoms. The van der Waals surface area contributed by atoms with E-state index in [9.17, 15) is 28.8 Å². The molecule has 0 aromatic carbocycles. The Kier molecular flexibility index (Phi) is 68.6. The lowest BCUT2D eigenvalue weighted by Crippen LogP contribution is -2.44. The summed E-state index contributed by atoms with van der Waals surface area (Å²) in [6.45, 7) is 12.8. The molecule has 2 fully saturated rings. The maximum atomic E-state index is 12.6. The molecule has 2 rings (SSSR count). The lowest BCUT2D eigenvalue weighted by Gasteiger charge is -2.29. The van der Waals surface area contributed by atoms with E-state index in [0.29, 0.717) is 32.8 Å². The third-order valence-corrected chi connectivity index (χ3v) is 16.8. The molecule has 2 saturated heterocycles. The molecule has 2 aliphatic rings. The van der Waals surface area contributed by atoms with Crippen LogP contribution in [0.4, 0.5) is 14.4 Å². The van der Waals surface area contributed by atoms with Crippen LogP contribution in [0.1, 0.15) is 363 Å². The van der Waals surface area contributed by atoms with Gasteiger partial charge < -0.3 is 52.8 Å². The number of hydrogen-bond donors (Lipinski definition) is 2. The Morgan fingerprint density at radius 3 is 0.967 bits per heavy atom. The fourth-order valence-electron chi connectivity index (χ4n) is 10.6. The molecule has 2 heterocycles. The van der Waals surface area contributed by atoms with Crippen molar-refractivity contribution in [2.45, 2.75) is 363 Å². The quantitative estimate of drug-likeness (QED) is 0.0328. The van der Waals surface area contributed by atoms with Gasteiger partial charge in [-0.2, -0.15) is 0 Å². The van der Waals surface area contributed by atoms with Gasteiger partial charge in [0, 0.05) is 33.0 Å². The first-order chi connectivity index (χ1) is 44.7. The highest BCUT2D eigenvalue weighted by Crippen LogP contribution is 2.25. The third-order valence-electron chi connectivity index (χ3n) is 16.8. The zero-order valence-electron chi connectivity index (χ0n) is 60.2. The molecule has 0 radical (unpaired) electrons. The molecule has 0 aliphatic carbocycles. The van der Waals surface area contributed by atoms with Crippen LogP contribution in [-0.2, 0) is 57.0 Å². The third kappa shape index (κ3) is 63.5. The van der Waals surface area contributed by atoms with Gasteiger partial charge in [0.1, 0.15) is 37.3 Å². The van der Waals surface area contributed by atoms with Crippen LogP contribution >= 0.6 is 0 Å². The van der Waals surface area contributed by atoms with Gasteiger partial charge >= 0.3 is 36.4 Å². The van der Waals surface area contributed by atoms with Crippen LogP contribution in [0.3, 0.4) is 0 Å². The number of carbonyl (C=O) groups is 6. The van der Waals surface area contributed by atoms with Gasteiger partial charge in [-0.15, -0.1) is 0 Å². The van der Waals surface area contributed by atoms with Gasteiger partial charge in [0.2, 0.25) is 0 Å². The first kappa shape index (κ1) is 90.2. The van der Waals surface area contributed by atoms with Crippen molar-refractivity contribution in [2.75, 3.05) is 72.7 Å². The number of carbonyl (C=O) groups excluding carboxylic acids is 6. The van der Waals surface area contributed by atoms with Gasteiger partial charge in [0.25, 0.3) is 0 Å². The first-order valence-corrected chi connectivity index (χ1v) is 37.8. The summed E-state index contributed by atoms with van der Waals surface area (Å²) in [6, 6.07) is 0. The van der Waals surface area contributed by atoms with Crippen molar-refractivity contribution < 1.29 is 81.6 Å². The lowest BCUT2D eigenvalue weighted by molar-refractivity contribution is -0.167. The molecule has 17 nitrogen and oxygen atoms in total. The number of hydrogen-bond acceptors (Lipinski definition) is 17. The Bertz CT molecular complexity index is 1630. The summed E-state index contributed by atoms with van der Waals surface area (Å²) in [5.41, 5.74) is -2.19. The van der Waals surface area contributed by atoms with Crippen molar-refractivity contribution in [3.8, 4) is 0 Å². The molecule has 0 aromatic heterocycles. The summed E-state index contributed by atoms with van der Waals surface area (Å²) >= 11 is 0. The number of esters is 3. The highest BCUT2D eigenvalue weighted by Gasteiger charge is 2.42. The van der Waals surface area contributed by atoms with Crippen molar-refractivity contribution in [1.29, 1.82) is 0 Å². The summed E-state index contributed by atoms with van der Waals surface area (Å²) in [5.74, 6) is -1.47. The minimum Gasteiger partial charge on any atom is -0.465 e. The van der Waals surface area contributed by atoms with Crippen LogP contribution in [-0.4, -0.2) is 119 Å². The van der Waals surface area contributed by atoms with Crippen LogP contribution in [0.5, 0.6) is 0 Å². The number of cyclic esters (lactones) is 4. The van der Waals surface area contributed by atoms with Crippen molar-refractivity contribution in [2.24, 2.45) is 10.8 Å². The van der Waals surface area contributed by atoms with Crippen molar-refractivity contribution >= 4 is 36.4 Å². The fourth-order valence-corrected chi connectivity index (χ4v) is 10.6. The van der Waals surface area contributed by atoms with E-state index in [4.69, 9.17) is 43.4 Å². The van der Waals surface area contributed by atoms with E-state index in [1.807, 2.05) is 0 Å². The maximum Gasteiger partial charge on any atom is 0.508 e. The van der Waals surface area contributed by atoms with Crippen LogP contribution in [0.15, 0.2) is 0 Å². The average Bonchev–Trinajstić information content (AvgIpc) is 0.947. The molecular weight excluding hydrogens is 1170 g/mol. The van der Waals surface area contributed by atoms with Crippen LogP contribution in [0.25, 0.3) is 0 Å². The number of unbranched alkanes of at least 4 members (excludes halogenated alkanes) is 45. The molecule has 92 heavy (non-hydrogen) atoms. The highest BCUT2D eigenvalue weighted by atomic mass is 16.7. The number of rotatable bonds is 59. The van der Waals surface area contributed by atoms with E-state index >= 15 is 0 Å². The molecule has 0 bridgehead atoms. The molecule has 17 heteroatoms. The van der Waals surface area contributed by atoms with Crippen molar-refractivity contribution in [3.63, 3.8) is 0 Å². The minimum atomic E-state index is -1.32. The topological polar surface area (TPSA) is 226 Å². The molecular formula is C75H142O17. The molecule has 544 valence electrons. The highest BCUT2D eigenvalue weighted by molar-refractivity contribution is 5.78. The van der Waals surface area contributed by atoms with E-state index in [1.165, 1.54) is 284 Å². The zero-order valence-corrected chi connectivity index (χ0v) is 60.2. The van der Waals surface area contributed by atoms with Crippen molar-refractivity contribution in [1.82, 2.24) is 0 Å². The monoisotopic (exact) mass is 1320 g/mol. The predicted molar refractivity (Wildman–Crippen MR) is 369 cm³/mol. The molecule has 0 aromatic rings. The molecule has 1 unspecified atom stereocenters. The van der Waals surface area contributed by atoms with E-state index < -0.39 is 41.2 Å². The second-order valence-corrected chi connectivity index (χ2v) is 26.4. The van der Waals surface area contributed by atoms with E-state index in [0.717, 1.165) is 44.9 Å². The zero-order chi connectivity index (χ0) is 68.0. The minimum absolute atomic E-state index is 0.0136. The first-order valence-electron chi connectivity index (χ1n) is 37.8. The summed E-state index contributed by atoms with van der Waals surface area (Å²) in [5, 5.41) is 17.4. The van der Waals surface area contributed by atoms with E-state index in [-0.39, 0.29) is 52.2 Å². The lowest BCUT2D eigenvalue weighted by atomic mass is 9.93. The number of ether oxygens (including phenoxy) is 9. The van der Waals surface area contributed by atoms with Gasteiger partial charge in [-0.05, 0) is 33.1 Å². The van der Waals surface area contributed by atoms with Crippen LogP contribution in [0.2, 0.25) is 0 Å². The SMILES string of the molecule is CCCCCCCCCCCCCCCCCCO.CCCCCCCCCCCCCCCCCCOC(=O)C(C)(COC(C)=O)COC(=O)OCCCO.CCCCCCCCCCCCCCCCCCOC(=O)C1(C)COC(=O)OC1.O=C1OCCCO1. The van der Waals surface area contributed by atoms with Crippen molar-refractivity contribution in [3.05, 3.63) is 0 Å². The second-order valence-electron chi connectivity index (χ2n) is 26.4. The van der Waals surface area contributed by atoms with Gasteiger partial charge in [0.05, 0.1) is 33.0 Å². The summed E-state index contributed by atoms with van der Waals surface area (Å²) in [6.07, 6.45) is 62.5. The Morgan fingerprint density at radius 2 is 0.663 bits per heavy atom. The predicted octanol–water partition coefficient (Wildman–Crippen LogP) is 20.6. The maximum absolute atomic E-state index is 12.6. The van der Waals surface area contributed by atoms with Crippen LogP contribution in [0, 0.1) is 10.8 Å². The number of aliphatic hydroxyl groups excluding tert-OH is 2. The Morgan fingerprint density at radius 1 is 0.380 bits per heavy atom. The largest absolute Gasteiger partial charge is 0.508 e. The Hall–Kier alpha value is -3.86. The van der Waals surface area contributed by atoms with E-state index in [2.05, 4.69) is 30.2 Å². The molecule has 0 saturated carbocycles. The summed E-state index contributed by atoms with van der Waals surface area (Å²) in [7, 11) is 0. The Balaban J connectivity index is 0. The molecule has 0 amide bonds. The van der Waals surface area contributed by atoms with Crippen LogP contribution < -0.4 is 0 Å². The molecule has 2 aliphatic heterocycles. The van der Waals surface area contributed by atoms with E-state index in [1.54, 1.807) is 6.92 Å². The second kappa shape index (κ2) is 70.0.